The number of ether oxygens (including phenoxy) is 1. The van der Waals surface area contributed by atoms with Gasteiger partial charge in [-0.25, -0.2) is 14.8 Å². The number of benzene rings is 2. The number of anilines is 3. The first-order valence-corrected chi connectivity index (χ1v) is 10.2. The van der Waals surface area contributed by atoms with Gasteiger partial charge in [-0.1, -0.05) is 36.4 Å². The molecule has 8 heteroatoms. The van der Waals surface area contributed by atoms with E-state index in [4.69, 9.17) is 4.74 Å². The van der Waals surface area contributed by atoms with E-state index < -0.39 is 6.09 Å². The van der Waals surface area contributed by atoms with Gasteiger partial charge in [-0.2, -0.15) is 0 Å². The molecule has 31 heavy (non-hydrogen) atoms. The standard InChI is InChI=1S/C23H18N4O3S/c28-14-20-9-10-21(31-20)17-12-24-22(25-13-17)26-18-7-4-8-19(11-18)27-23(29)30-15-16-5-2-1-3-6-16/h1-14H,15H2,(H,27,29)(H,24,25,26). The molecule has 2 N–H and O–H groups in total. The lowest BCUT2D eigenvalue weighted by Crippen LogP contribution is -2.13. The second-order valence-corrected chi connectivity index (χ2v) is 7.62. The maximum atomic E-state index is 12.1. The molecule has 0 unspecified atom stereocenters. The summed E-state index contributed by atoms with van der Waals surface area (Å²) in [5, 5.41) is 5.81. The fourth-order valence-corrected chi connectivity index (χ4v) is 3.57. The van der Waals surface area contributed by atoms with Crippen molar-refractivity contribution >= 4 is 41.0 Å². The highest BCUT2D eigenvalue weighted by molar-refractivity contribution is 7.17. The minimum Gasteiger partial charge on any atom is -0.444 e. The molecule has 0 aliphatic carbocycles. The number of rotatable bonds is 7. The highest BCUT2D eigenvalue weighted by Gasteiger charge is 2.07. The molecule has 4 aromatic rings. The molecule has 0 saturated carbocycles. The number of hydrogen-bond acceptors (Lipinski definition) is 7. The van der Waals surface area contributed by atoms with Crippen molar-refractivity contribution in [3.63, 3.8) is 0 Å². The Morgan fingerprint density at radius 1 is 0.968 bits per heavy atom. The molecular weight excluding hydrogens is 412 g/mol. The zero-order valence-corrected chi connectivity index (χ0v) is 17.1. The maximum absolute atomic E-state index is 12.1. The Labute approximate surface area is 182 Å². The monoisotopic (exact) mass is 430 g/mol. The van der Waals surface area contributed by atoms with Gasteiger partial charge in [0, 0.05) is 34.2 Å². The zero-order valence-electron chi connectivity index (χ0n) is 16.3. The van der Waals surface area contributed by atoms with E-state index in [1.54, 1.807) is 36.7 Å². The van der Waals surface area contributed by atoms with E-state index in [2.05, 4.69) is 20.6 Å². The number of amides is 1. The van der Waals surface area contributed by atoms with Gasteiger partial charge >= 0.3 is 6.09 Å². The van der Waals surface area contributed by atoms with Gasteiger partial charge in [0.1, 0.15) is 6.61 Å². The lowest BCUT2D eigenvalue weighted by atomic mass is 10.2. The molecule has 2 heterocycles. The predicted octanol–water partition coefficient (Wildman–Crippen LogP) is 5.51. The fraction of sp³-hybridized carbons (Fsp3) is 0.0435. The van der Waals surface area contributed by atoms with Crippen LogP contribution in [0.2, 0.25) is 0 Å². The van der Waals surface area contributed by atoms with Gasteiger partial charge in [-0.15, -0.1) is 11.3 Å². The minimum absolute atomic E-state index is 0.198. The first kappa shape index (κ1) is 20.2. The lowest BCUT2D eigenvalue weighted by molar-refractivity contribution is 0.112. The summed E-state index contributed by atoms with van der Waals surface area (Å²) in [4.78, 5) is 33.1. The SMILES string of the molecule is O=Cc1ccc(-c2cnc(Nc3cccc(NC(=O)OCc4ccccc4)c3)nc2)s1. The molecule has 0 aliphatic rings. The summed E-state index contributed by atoms with van der Waals surface area (Å²) in [6.45, 7) is 0.198. The van der Waals surface area contributed by atoms with Crippen LogP contribution < -0.4 is 10.6 Å². The van der Waals surface area contributed by atoms with Crippen LogP contribution in [-0.2, 0) is 11.3 Å². The third-order valence-electron chi connectivity index (χ3n) is 4.26. The van der Waals surface area contributed by atoms with E-state index in [0.717, 1.165) is 22.3 Å². The van der Waals surface area contributed by atoms with Crippen LogP contribution in [0.25, 0.3) is 10.4 Å². The van der Waals surface area contributed by atoms with Crippen LogP contribution in [0.4, 0.5) is 22.1 Å². The molecule has 2 aromatic carbocycles. The number of aromatic nitrogens is 2. The molecule has 0 aliphatic heterocycles. The van der Waals surface area contributed by atoms with Gasteiger partial charge in [-0.3, -0.25) is 10.1 Å². The third-order valence-corrected chi connectivity index (χ3v) is 5.32. The van der Waals surface area contributed by atoms with Crippen LogP contribution >= 0.6 is 11.3 Å². The summed E-state index contributed by atoms with van der Waals surface area (Å²) >= 11 is 1.39. The van der Waals surface area contributed by atoms with E-state index in [9.17, 15) is 9.59 Å². The third kappa shape index (κ3) is 5.52. The summed E-state index contributed by atoms with van der Waals surface area (Å²) in [6, 6.07) is 20.3. The summed E-state index contributed by atoms with van der Waals surface area (Å²) in [6.07, 6.45) is 3.67. The van der Waals surface area contributed by atoms with Gasteiger partial charge in [0.25, 0.3) is 0 Å². The van der Waals surface area contributed by atoms with Crippen molar-refractivity contribution in [2.45, 2.75) is 6.61 Å². The average molecular weight is 430 g/mol. The van der Waals surface area contributed by atoms with Crippen molar-refractivity contribution in [2.24, 2.45) is 0 Å². The Morgan fingerprint density at radius 3 is 2.48 bits per heavy atom. The Bertz CT molecular complexity index is 1180. The van der Waals surface area contributed by atoms with Crippen LogP contribution in [0.15, 0.2) is 79.1 Å². The van der Waals surface area contributed by atoms with E-state index in [-0.39, 0.29) is 6.61 Å². The van der Waals surface area contributed by atoms with Crippen molar-refractivity contribution in [3.8, 4) is 10.4 Å². The number of aldehydes is 1. The summed E-state index contributed by atoms with van der Waals surface area (Å²) in [5.74, 6) is 0.416. The predicted molar refractivity (Wildman–Crippen MR) is 121 cm³/mol. The van der Waals surface area contributed by atoms with Gasteiger partial charge in [0.15, 0.2) is 6.29 Å². The van der Waals surface area contributed by atoms with Crippen molar-refractivity contribution < 1.29 is 14.3 Å². The molecule has 0 bridgehead atoms. The smallest absolute Gasteiger partial charge is 0.411 e. The summed E-state index contributed by atoms with van der Waals surface area (Å²) in [5.41, 5.74) is 3.05. The molecule has 0 fully saturated rings. The normalized spacial score (nSPS) is 10.3. The summed E-state index contributed by atoms with van der Waals surface area (Å²) in [7, 11) is 0. The van der Waals surface area contributed by atoms with Crippen molar-refractivity contribution in [1.82, 2.24) is 9.97 Å². The van der Waals surface area contributed by atoms with Gasteiger partial charge in [0.05, 0.1) is 4.88 Å². The maximum Gasteiger partial charge on any atom is 0.411 e. The minimum atomic E-state index is -0.535. The van der Waals surface area contributed by atoms with E-state index in [1.165, 1.54) is 11.3 Å². The number of carbonyl (C=O) groups is 2. The van der Waals surface area contributed by atoms with Crippen LogP contribution in [0.1, 0.15) is 15.2 Å². The van der Waals surface area contributed by atoms with Gasteiger partial charge in [-0.05, 0) is 35.9 Å². The topological polar surface area (TPSA) is 93.2 Å². The molecule has 0 saturated heterocycles. The number of thiophene rings is 1. The van der Waals surface area contributed by atoms with Gasteiger partial charge < -0.3 is 10.1 Å². The Morgan fingerprint density at radius 2 is 1.74 bits per heavy atom. The lowest BCUT2D eigenvalue weighted by Gasteiger charge is -2.09. The number of hydrogen-bond donors (Lipinski definition) is 2. The molecule has 0 spiro atoms. The van der Waals surface area contributed by atoms with E-state index in [1.807, 2.05) is 42.5 Å². The van der Waals surface area contributed by atoms with Crippen molar-refractivity contribution in [1.29, 1.82) is 0 Å². The van der Waals surface area contributed by atoms with E-state index >= 15 is 0 Å². The molecule has 7 nitrogen and oxygen atoms in total. The highest BCUT2D eigenvalue weighted by atomic mass is 32.1. The first-order chi connectivity index (χ1) is 15.2. The number of nitrogens with one attached hydrogen (secondary N) is 2. The fourth-order valence-electron chi connectivity index (χ4n) is 2.77. The Hall–Kier alpha value is -4.04. The quantitative estimate of drug-likeness (QED) is 0.376. The number of nitrogens with zero attached hydrogens (tertiary/aromatic N) is 2. The van der Waals surface area contributed by atoms with E-state index in [0.29, 0.717) is 22.2 Å². The second kappa shape index (κ2) is 9.64. The number of carbonyl (C=O) groups excluding carboxylic acids is 2. The summed E-state index contributed by atoms with van der Waals surface area (Å²) < 4.78 is 5.24. The molecule has 0 radical (unpaired) electrons. The molecule has 0 atom stereocenters. The second-order valence-electron chi connectivity index (χ2n) is 6.51. The van der Waals surface area contributed by atoms with Crippen LogP contribution in [0, 0.1) is 0 Å². The molecule has 154 valence electrons. The Kier molecular flexibility index (Phi) is 6.29. The zero-order chi connectivity index (χ0) is 21.5. The largest absolute Gasteiger partial charge is 0.444 e. The van der Waals surface area contributed by atoms with Crippen molar-refractivity contribution in [2.75, 3.05) is 10.6 Å². The average Bonchev–Trinajstić information content (AvgIpc) is 3.29. The molecule has 4 rings (SSSR count). The Balaban J connectivity index is 1.35. The molecule has 1 amide bonds. The van der Waals surface area contributed by atoms with Crippen LogP contribution in [0.3, 0.4) is 0 Å². The molecular formula is C23H18N4O3S. The first-order valence-electron chi connectivity index (χ1n) is 9.42. The highest BCUT2D eigenvalue weighted by Crippen LogP contribution is 2.27. The molecule has 2 aromatic heterocycles. The van der Waals surface area contributed by atoms with Crippen LogP contribution in [0.5, 0.6) is 0 Å². The van der Waals surface area contributed by atoms with Gasteiger partial charge in [0.2, 0.25) is 5.95 Å². The van der Waals surface area contributed by atoms with Crippen LogP contribution in [-0.4, -0.2) is 22.3 Å². The van der Waals surface area contributed by atoms with Crippen molar-refractivity contribution in [3.05, 3.63) is 89.6 Å².